The number of fused-ring (bicyclic) bond motifs is 1. The lowest BCUT2D eigenvalue weighted by molar-refractivity contribution is 0.0959. The topological polar surface area (TPSA) is 46.3 Å². The zero-order chi connectivity index (χ0) is 19.7. The van der Waals surface area contributed by atoms with Crippen LogP contribution in [0.3, 0.4) is 0 Å². The van der Waals surface area contributed by atoms with Gasteiger partial charge in [0.1, 0.15) is 11.4 Å². The van der Waals surface area contributed by atoms with Crippen LogP contribution in [0.1, 0.15) is 27.2 Å². The maximum Gasteiger partial charge on any atom is 0.295 e. The van der Waals surface area contributed by atoms with Crippen molar-refractivity contribution in [2.45, 2.75) is 20.4 Å². The molecule has 0 radical (unpaired) electrons. The number of rotatable bonds is 4. The van der Waals surface area contributed by atoms with Crippen molar-refractivity contribution in [2.24, 2.45) is 0 Å². The Bertz CT molecular complexity index is 1130. The first-order chi connectivity index (χ1) is 13.5. The van der Waals surface area contributed by atoms with Crippen molar-refractivity contribution in [3.05, 3.63) is 94.3 Å². The molecule has 0 bridgehead atoms. The minimum atomic E-state index is -0.222. The van der Waals surface area contributed by atoms with Gasteiger partial charge in [0.05, 0.1) is 6.54 Å². The van der Waals surface area contributed by atoms with Crippen LogP contribution in [0, 0.1) is 13.8 Å². The first-order valence-corrected chi connectivity index (χ1v) is 9.38. The molecule has 0 aliphatic carbocycles. The van der Waals surface area contributed by atoms with E-state index in [0.717, 1.165) is 22.1 Å². The lowest BCUT2D eigenvalue weighted by atomic mass is 10.1. The number of benzene rings is 2. The van der Waals surface area contributed by atoms with E-state index in [1.54, 1.807) is 11.1 Å². The van der Waals surface area contributed by atoms with Gasteiger partial charge in [0.15, 0.2) is 5.76 Å². The van der Waals surface area contributed by atoms with Crippen molar-refractivity contribution in [1.29, 1.82) is 0 Å². The van der Waals surface area contributed by atoms with Gasteiger partial charge < -0.3 is 4.42 Å². The predicted octanol–water partition coefficient (Wildman–Crippen LogP) is 5.95. The number of amides is 1. The molecule has 0 spiro atoms. The maximum atomic E-state index is 13.5. The lowest BCUT2D eigenvalue weighted by Gasteiger charge is -2.21. The number of hydrogen-bond acceptors (Lipinski definition) is 3. The van der Waals surface area contributed by atoms with Gasteiger partial charge >= 0.3 is 0 Å². The Morgan fingerprint density at radius 2 is 1.86 bits per heavy atom. The molecule has 28 heavy (non-hydrogen) atoms. The fourth-order valence-corrected chi connectivity index (χ4v) is 3.33. The second-order valence-corrected chi connectivity index (χ2v) is 7.20. The number of halogens is 1. The Hall–Kier alpha value is -3.11. The van der Waals surface area contributed by atoms with Crippen LogP contribution in [-0.4, -0.2) is 10.9 Å². The molecular weight excluding hydrogens is 372 g/mol. The Morgan fingerprint density at radius 3 is 2.57 bits per heavy atom. The van der Waals surface area contributed by atoms with Gasteiger partial charge in [-0.15, -0.1) is 0 Å². The normalized spacial score (nSPS) is 11.0. The Morgan fingerprint density at radius 1 is 1.07 bits per heavy atom. The van der Waals surface area contributed by atoms with E-state index in [1.165, 1.54) is 0 Å². The third-order valence-corrected chi connectivity index (χ3v) is 4.96. The summed E-state index contributed by atoms with van der Waals surface area (Å²) in [6.07, 6.45) is 1.67. The summed E-state index contributed by atoms with van der Waals surface area (Å²) in [5.74, 6) is 0.679. The van der Waals surface area contributed by atoms with Gasteiger partial charge in [-0.25, -0.2) is 4.98 Å². The van der Waals surface area contributed by atoms with Crippen LogP contribution < -0.4 is 4.90 Å². The number of pyridine rings is 1. The van der Waals surface area contributed by atoms with Crippen molar-refractivity contribution < 1.29 is 9.21 Å². The molecular formula is C23H19ClN2O2. The Balaban J connectivity index is 1.77. The quantitative estimate of drug-likeness (QED) is 0.433. The highest BCUT2D eigenvalue weighted by Gasteiger charge is 2.25. The van der Waals surface area contributed by atoms with E-state index in [1.807, 2.05) is 74.5 Å². The standard InChI is InChI=1S/C23H19ClN2O2/c1-15-6-11-20-19(13-15)16(2)22(28-20)23(27)26(21-5-3-4-12-25-21)14-17-7-9-18(24)10-8-17/h3-13H,14H2,1-2H3. The molecule has 4 nitrogen and oxygen atoms in total. The van der Waals surface area contributed by atoms with E-state index < -0.39 is 0 Å². The van der Waals surface area contributed by atoms with E-state index in [4.69, 9.17) is 16.0 Å². The number of carbonyl (C=O) groups excluding carboxylic acids is 1. The average Bonchev–Trinajstić information content (AvgIpc) is 3.04. The molecule has 0 saturated heterocycles. The zero-order valence-electron chi connectivity index (χ0n) is 15.6. The van der Waals surface area contributed by atoms with Crippen LogP contribution in [0.4, 0.5) is 5.82 Å². The number of furan rings is 1. The van der Waals surface area contributed by atoms with Crippen LogP contribution in [0.15, 0.2) is 71.3 Å². The highest BCUT2D eigenvalue weighted by Crippen LogP contribution is 2.29. The lowest BCUT2D eigenvalue weighted by Crippen LogP contribution is -2.31. The molecule has 1 amide bonds. The molecule has 2 aromatic carbocycles. The summed E-state index contributed by atoms with van der Waals surface area (Å²) in [4.78, 5) is 19.5. The van der Waals surface area contributed by atoms with Crippen LogP contribution in [0.2, 0.25) is 5.02 Å². The summed E-state index contributed by atoms with van der Waals surface area (Å²) < 4.78 is 5.93. The SMILES string of the molecule is Cc1ccc2oc(C(=O)N(Cc3ccc(Cl)cc3)c3ccccn3)c(C)c2c1. The molecule has 4 aromatic rings. The zero-order valence-corrected chi connectivity index (χ0v) is 16.4. The number of aromatic nitrogens is 1. The fraction of sp³-hybridized carbons (Fsp3) is 0.130. The van der Waals surface area contributed by atoms with Gasteiger partial charge in [-0.05, 0) is 55.8 Å². The van der Waals surface area contributed by atoms with E-state index in [9.17, 15) is 4.79 Å². The molecule has 0 saturated carbocycles. The minimum Gasteiger partial charge on any atom is -0.451 e. The predicted molar refractivity (Wildman–Crippen MR) is 112 cm³/mol. The third kappa shape index (κ3) is 3.51. The molecule has 5 heteroatoms. The summed E-state index contributed by atoms with van der Waals surface area (Å²) in [5.41, 5.74) is 3.62. The molecule has 0 fully saturated rings. The number of carbonyl (C=O) groups is 1. The van der Waals surface area contributed by atoms with E-state index in [0.29, 0.717) is 28.7 Å². The van der Waals surface area contributed by atoms with Crippen LogP contribution >= 0.6 is 11.6 Å². The minimum absolute atomic E-state index is 0.222. The molecule has 0 aliphatic heterocycles. The Kier molecular flexibility index (Phi) is 4.88. The van der Waals surface area contributed by atoms with Gasteiger partial charge in [-0.3, -0.25) is 9.69 Å². The van der Waals surface area contributed by atoms with Crippen molar-refractivity contribution in [2.75, 3.05) is 4.90 Å². The smallest absolute Gasteiger partial charge is 0.295 e. The van der Waals surface area contributed by atoms with E-state index >= 15 is 0 Å². The fourth-order valence-electron chi connectivity index (χ4n) is 3.20. The van der Waals surface area contributed by atoms with Crippen molar-refractivity contribution in [1.82, 2.24) is 4.98 Å². The van der Waals surface area contributed by atoms with Gasteiger partial charge in [-0.2, -0.15) is 0 Å². The molecule has 2 heterocycles. The number of anilines is 1. The summed E-state index contributed by atoms with van der Waals surface area (Å²) >= 11 is 5.99. The number of hydrogen-bond donors (Lipinski definition) is 0. The van der Waals surface area contributed by atoms with Gasteiger partial charge in [0.2, 0.25) is 0 Å². The molecule has 140 valence electrons. The second kappa shape index (κ2) is 7.49. The third-order valence-electron chi connectivity index (χ3n) is 4.71. The first kappa shape index (κ1) is 18.3. The molecule has 0 atom stereocenters. The van der Waals surface area contributed by atoms with Gasteiger partial charge in [0, 0.05) is 22.2 Å². The highest BCUT2D eigenvalue weighted by atomic mass is 35.5. The summed E-state index contributed by atoms with van der Waals surface area (Å²) in [7, 11) is 0. The van der Waals surface area contributed by atoms with Crippen molar-refractivity contribution in [3.63, 3.8) is 0 Å². The number of nitrogens with zero attached hydrogens (tertiary/aromatic N) is 2. The molecule has 4 rings (SSSR count). The first-order valence-electron chi connectivity index (χ1n) is 9.00. The van der Waals surface area contributed by atoms with E-state index in [2.05, 4.69) is 4.98 Å². The number of aryl methyl sites for hydroxylation is 2. The van der Waals surface area contributed by atoms with Crippen LogP contribution in [0.25, 0.3) is 11.0 Å². The highest BCUT2D eigenvalue weighted by molar-refractivity contribution is 6.30. The largest absolute Gasteiger partial charge is 0.451 e. The summed E-state index contributed by atoms with van der Waals surface area (Å²) in [6.45, 7) is 4.30. The van der Waals surface area contributed by atoms with Crippen molar-refractivity contribution >= 4 is 34.3 Å². The maximum absolute atomic E-state index is 13.5. The van der Waals surface area contributed by atoms with E-state index in [-0.39, 0.29) is 5.91 Å². The van der Waals surface area contributed by atoms with Crippen LogP contribution in [-0.2, 0) is 6.54 Å². The van der Waals surface area contributed by atoms with Gasteiger partial charge in [0.25, 0.3) is 5.91 Å². The summed E-state index contributed by atoms with van der Waals surface area (Å²) in [6, 6.07) is 18.8. The van der Waals surface area contributed by atoms with Crippen molar-refractivity contribution in [3.8, 4) is 0 Å². The molecule has 0 N–H and O–H groups in total. The monoisotopic (exact) mass is 390 g/mol. The molecule has 0 unspecified atom stereocenters. The van der Waals surface area contributed by atoms with Gasteiger partial charge in [-0.1, -0.05) is 41.4 Å². The second-order valence-electron chi connectivity index (χ2n) is 6.76. The molecule has 2 aromatic heterocycles. The average molecular weight is 391 g/mol. The Labute approximate surface area is 168 Å². The van der Waals surface area contributed by atoms with Crippen LogP contribution in [0.5, 0.6) is 0 Å². The summed E-state index contributed by atoms with van der Waals surface area (Å²) in [5, 5.41) is 1.61. The molecule has 0 aliphatic rings.